The van der Waals surface area contributed by atoms with E-state index in [1.807, 2.05) is 34.9 Å². The van der Waals surface area contributed by atoms with Gasteiger partial charge >= 0.3 is 0 Å². The summed E-state index contributed by atoms with van der Waals surface area (Å²) in [6.45, 7) is 0.680. The van der Waals surface area contributed by atoms with Gasteiger partial charge < -0.3 is 9.30 Å². The van der Waals surface area contributed by atoms with Crippen LogP contribution in [0.25, 0.3) is 11.0 Å². The first-order valence-corrected chi connectivity index (χ1v) is 7.77. The SMILES string of the molecule is COc1ccc(Cn2c(Br)nc3cc(Cl)c(Cl)cc32)cc1. The van der Waals surface area contributed by atoms with Crippen molar-refractivity contribution in [2.45, 2.75) is 6.54 Å². The summed E-state index contributed by atoms with van der Waals surface area (Å²) >= 11 is 15.6. The maximum absolute atomic E-state index is 6.11. The minimum Gasteiger partial charge on any atom is -0.497 e. The van der Waals surface area contributed by atoms with Crippen molar-refractivity contribution in [3.05, 3.63) is 56.7 Å². The molecule has 1 heterocycles. The fourth-order valence-corrected chi connectivity index (χ4v) is 2.98. The van der Waals surface area contributed by atoms with E-state index in [2.05, 4.69) is 20.9 Å². The van der Waals surface area contributed by atoms with Crippen molar-refractivity contribution in [3.63, 3.8) is 0 Å². The Hall–Kier alpha value is -1.23. The highest BCUT2D eigenvalue weighted by molar-refractivity contribution is 9.10. The lowest BCUT2D eigenvalue weighted by Crippen LogP contribution is -2.00. The second-order valence-corrected chi connectivity index (χ2v) is 6.09. The van der Waals surface area contributed by atoms with Crippen molar-refractivity contribution in [1.29, 1.82) is 0 Å². The van der Waals surface area contributed by atoms with Crippen LogP contribution >= 0.6 is 39.1 Å². The molecule has 0 radical (unpaired) electrons. The van der Waals surface area contributed by atoms with Crippen LogP contribution in [0.5, 0.6) is 5.75 Å². The Morgan fingerprint density at radius 2 is 1.81 bits per heavy atom. The highest BCUT2D eigenvalue weighted by Gasteiger charge is 2.11. The number of imidazole rings is 1. The number of fused-ring (bicyclic) bond motifs is 1. The Kier molecular flexibility index (Phi) is 4.11. The van der Waals surface area contributed by atoms with E-state index in [4.69, 9.17) is 27.9 Å². The molecule has 0 amide bonds. The molecule has 3 aromatic rings. The van der Waals surface area contributed by atoms with Gasteiger partial charge in [0.05, 0.1) is 34.7 Å². The summed E-state index contributed by atoms with van der Waals surface area (Å²) in [6.07, 6.45) is 0. The van der Waals surface area contributed by atoms with Gasteiger partial charge in [-0.2, -0.15) is 0 Å². The average molecular weight is 386 g/mol. The van der Waals surface area contributed by atoms with Gasteiger partial charge in [-0.25, -0.2) is 4.98 Å². The van der Waals surface area contributed by atoms with Crippen molar-refractivity contribution in [2.24, 2.45) is 0 Å². The van der Waals surface area contributed by atoms with Crippen LogP contribution in [0.3, 0.4) is 0 Å². The summed E-state index contributed by atoms with van der Waals surface area (Å²) in [4.78, 5) is 4.46. The number of halogens is 3. The number of rotatable bonds is 3. The second kappa shape index (κ2) is 5.87. The molecule has 1 aromatic heterocycles. The van der Waals surface area contributed by atoms with Crippen LogP contribution in [0.4, 0.5) is 0 Å². The molecule has 0 saturated carbocycles. The van der Waals surface area contributed by atoms with E-state index in [0.717, 1.165) is 27.1 Å². The third-order valence-corrected chi connectivity index (χ3v) is 4.57. The van der Waals surface area contributed by atoms with Crippen LogP contribution in [0.2, 0.25) is 10.0 Å². The summed E-state index contributed by atoms with van der Waals surface area (Å²) in [6, 6.07) is 11.5. The minimum absolute atomic E-state index is 0.505. The molecule has 0 saturated heterocycles. The van der Waals surface area contributed by atoms with E-state index in [1.165, 1.54) is 0 Å². The van der Waals surface area contributed by atoms with Crippen LogP contribution in [-0.2, 0) is 6.54 Å². The molecule has 0 unspecified atom stereocenters. The number of benzene rings is 2. The summed E-state index contributed by atoms with van der Waals surface area (Å²) < 4.78 is 7.95. The largest absolute Gasteiger partial charge is 0.497 e. The number of nitrogens with zero attached hydrogens (tertiary/aromatic N) is 2. The Morgan fingerprint density at radius 3 is 2.48 bits per heavy atom. The van der Waals surface area contributed by atoms with Crippen LogP contribution in [0, 0.1) is 0 Å². The van der Waals surface area contributed by atoms with Crippen molar-refractivity contribution in [3.8, 4) is 5.75 Å². The molecule has 3 rings (SSSR count). The molecular weight excluding hydrogens is 375 g/mol. The van der Waals surface area contributed by atoms with E-state index in [0.29, 0.717) is 16.6 Å². The normalized spacial score (nSPS) is 11.0. The van der Waals surface area contributed by atoms with Gasteiger partial charge in [0.2, 0.25) is 0 Å². The molecule has 0 fully saturated rings. The molecule has 0 aliphatic carbocycles. The van der Waals surface area contributed by atoms with Gasteiger partial charge in [0, 0.05) is 0 Å². The van der Waals surface area contributed by atoms with Gasteiger partial charge in [0.1, 0.15) is 5.75 Å². The molecular formula is C15H11BrCl2N2O. The quantitative estimate of drug-likeness (QED) is 0.622. The van der Waals surface area contributed by atoms with E-state index < -0.39 is 0 Å². The Morgan fingerprint density at radius 1 is 1.14 bits per heavy atom. The first-order valence-electron chi connectivity index (χ1n) is 6.22. The molecule has 2 aromatic carbocycles. The monoisotopic (exact) mass is 384 g/mol. The molecule has 0 bridgehead atoms. The second-order valence-electron chi connectivity index (χ2n) is 4.57. The molecule has 0 aliphatic heterocycles. The average Bonchev–Trinajstić information content (AvgIpc) is 2.76. The highest BCUT2D eigenvalue weighted by atomic mass is 79.9. The number of methoxy groups -OCH3 is 1. The molecule has 0 spiro atoms. The zero-order chi connectivity index (χ0) is 15.0. The van der Waals surface area contributed by atoms with Gasteiger partial charge in [-0.1, -0.05) is 35.3 Å². The van der Waals surface area contributed by atoms with Crippen LogP contribution in [0.15, 0.2) is 41.1 Å². The first-order chi connectivity index (χ1) is 10.1. The number of hydrogen-bond acceptors (Lipinski definition) is 2. The molecule has 108 valence electrons. The zero-order valence-electron chi connectivity index (χ0n) is 11.1. The van der Waals surface area contributed by atoms with Crippen molar-refractivity contribution >= 4 is 50.2 Å². The molecule has 6 heteroatoms. The number of hydrogen-bond donors (Lipinski definition) is 0. The minimum atomic E-state index is 0.505. The smallest absolute Gasteiger partial charge is 0.178 e. The van der Waals surface area contributed by atoms with Crippen LogP contribution in [-0.4, -0.2) is 16.7 Å². The van der Waals surface area contributed by atoms with Gasteiger partial charge in [-0.3, -0.25) is 0 Å². The Labute approximate surface area is 140 Å². The number of aromatic nitrogens is 2. The lowest BCUT2D eigenvalue weighted by Gasteiger charge is -2.08. The van der Waals surface area contributed by atoms with E-state index in [1.54, 1.807) is 13.2 Å². The Bertz CT molecular complexity index is 800. The predicted octanol–water partition coefficient (Wildman–Crippen LogP) is 5.16. The standard InChI is InChI=1S/C15H11BrCl2N2O/c1-21-10-4-2-9(3-5-10)8-20-14-7-12(18)11(17)6-13(14)19-15(20)16/h2-7H,8H2,1H3. The summed E-state index contributed by atoms with van der Waals surface area (Å²) in [5.74, 6) is 0.836. The molecule has 21 heavy (non-hydrogen) atoms. The van der Waals surface area contributed by atoms with Crippen molar-refractivity contribution in [2.75, 3.05) is 7.11 Å². The molecule has 0 N–H and O–H groups in total. The fraction of sp³-hybridized carbons (Fsp3) is 0.133. The first kappa shape index (κ1) is 14.7. The van der Waals surface area contributed by atoms with E-state index in [-0.39, 0.29) is 0 Å². The molecule has 3 nitrogen and oxygen atoms in total. The summed E-state index contributed by atoms with van der Waals surface area (Å²) in [7, 11) is 1.65. The number of ether oxygens (including phenoxy) is 1. The third kappa shape index (κ3) is 2.89. The maximum Gasteiger partial charge on any atom is 0.178 e. The lowest BCUT2D eigenvalue weighted by molar-refractivity contribution is 0.414. The maximum atomic E-state index is 6.11. The lowest BCUT2D eigenvalue weighted by atomic mass is 10.2. The molecule has 0 aliphatic rings. The summed E-state index contributed by atoms with van der Waals surface area (Å²) in [5, 5.41) is 1.03. The van der Waals surface area contributed by atoms with Gasteiger partial charge in [0.25, 0.3) is 0 Å². The predicted molar refractivity (Wildman–Crippen MR) is 89.5 cm³/mol. The van der Waals surface area contributed by atoms with Crippen molar-refractivity contribution < 1.29 is 4.74 Å². The van der Waals surface area contributed by atoms with E-state index >= 15 is 0 Å². The van der Waals surface area contributed by atoms with Gasteiger partial charge in [-0.05, 0) is 45.8 Å². The fourth-order valence-electron chi connectivity index (χ4n) is 2.15. The van der Waals surface area contributed by atoms with Crippen LogP contribution < -0.4 is 4.74 Å². The van der Waals surface area contributed by atoms with E-state index in [9.17, 15) is 0 Å². The topological polar surface area (TPSA) is 27.1 Å². The zero-order valence-corrected chi connectivity index (χ0v) is 14.2. The highest BCUT2D eigenvalue weighted by Crippen LogP contribution is 2.30. The molecule has 0 atom stereocenters. The van der Waals surface area contributed by atoms with Gasteiger partial charge in [-0.15, -0.1) is 0 Å². The third-order valence-electron chi connectivity index (χ3n) is 3.24. The summed E-state index contributed by atoms with van der Waals surface area (Å²) in [5.41, 5.74) is 2.89. The van der Waals surface area contributed by atoms with Crippen molar-refractivity contribution in [1.82, 2.24) is 9.55 Å². The van der Waals surface area contributed by atoms with Gasteiger partial charge in [0.15, 0.2) is 4.73 Å². The Balaban J connectivity index is 2.03. The van der Waals surface area contributed by atoms with Crippen LogP contribution in [0.1, 0.15) is 5.56 Å².